The van der Waals surface area contributed by atoms with Crippen LogP contribution in [0.3, 0.4) is 0 Å². The molecule has 1 heterocycles. The Morgan fingerprint density at radius 3 is 2.81 bits per heavy atom. The zero-order chi connectivity index (χ0) is 12.2. The zero-order valence-electron chi connectivity index (χ0n) is 8.65. The first-order chi connectivity index (χ1) is 7.43. The van der Waals surface area contributed by atoms with E-state index in [4.69, 9.17) is 23.2 Å². The number of hydrogen-bond donors (Lipinski definition) is 1. The largest absolute Gasteiger partial charge is 0.283 e. The molecule has 1 rings (SSSR count). The third kappa shape index (κ3) is 4.55. The van der Waals surface area contributed by atoms with Crippen molar-refractivity contribution in [2.45, 2.75) is 6.92 Å². The summed E-state index contributed by atoms with van der Waals surface area (Å²) in [7, 11) is -3.38. The topological polar surface area (TPSA) is 59.1 Å². The highest BCUT2D eigenvalue weighted by atomic mass is 35.5. The molecule has 0 bridgehead atoms. The van der Waals surface area contributed by atoms with Gasteiger partial charge in [-0.3, -0.25) is 4.72 Å². The van der Waals surface area contributed by atoms with E-state index in [0.717, 1.165) is 0 Å². The van der Waals surface area contributed by atoms with E-state index in [1.807, 2.05) is 0 Å². The van der Waals surface area contributed by atoms with Crippen LogP contribution < -0.4 is 4.72 Å². The minimum atomic E-state index is -3.38. The second-order valence-corrected chi connectivity index (χ2v) is 5.97. The van der Waals surface area contributed by atoms with Crippen molar-refractivity contribution in [2.75, 3.05) is 16.4 Å². The van der Waals surface area contributed by atoms with Crippen molar-refractivity contribution in [2.24, 2.45) is 5.92 Å². The quantitative estimate of drug-likeness (QED) is 0.666. The van der Waals surface area contributed by atoms with Crippen LogP contribution in [0.4, 0.5) is 5.69 Å². The highest BCUT2D eigenvalue weighted by Gasteiger charge is 2.15. The average molecular weight is 283 g/mol. The Kier molecular flexibility index (Phi) is 4.83. The minimum absolute atomic E-state index is 0.0174. The van der Waals surface area contributed by atoms with Gasteiger partial charge in [-0.05, 0) is 18.1 Å². The molecule has 90 valence electrons. The summed E-state index contributed by atoms with van der Waals surface area (Å²) in [5.74, 6) is 0.186. The Bertz CT molecular complexity index is 451. The van der Waals surface area contributed by atoms with Gasteiger partial charge in [-0.15, -0.1) is 11.6 Å². The highest BCUT2D eigenvalue weighted by molar-refractivity contribution is 7.92. The number of nitrogens with zero attached hydrogens (tertiary/aromatic N) is 1. The summed E-state index contributed by atoms with van der Waals surface area (Å²) in [6.07, 6.45) is 1.44. The number of hydrogen-bond acceptors (Lipinski definition) is 3. The maximum Gasteiger partial charge on any atom is 0.233 e. The maximum absolute atomic E-state index is 11.6. The van der Waals surface area contributed by atoms with E-state index in [0.29, 0.717) is 11.6 Å². The Labute approximate surface area is 105 Å². The van der Waals surface area contributed by atoms with Gasteiger partial charge in [0.1, 0.15) is 5.15 Å². The molecule has 0 radical (unpaired) electrons. The van der Waals surface area contributed by atoms with Crippen molar-refractivity contribution in [1.29, 1.82) is 0 Å². The van der Waals surface area contributed by atoms with Crippen LogP contribution in [-0.4, -0.2) is 25.0 Å². The summed E-state index contributed by atoms with van der Waals surface area (Å²) in [6.45, 7) is 1.77. The van der Waals surface area contributed by atoms with E-state index < -0.39 is 10.0 Å². The fourth-order valence-electron chi connectivity index (χ4n) is 1.11. The smallest absolute Gasteiger partial charge is 0.233 e. The predicted molar refractivity (Wildman–Crippen MR) is 66.5 cm³/mol. The molecule has 0 aliphatic carbocycles. The lowest BCUT2D eigenvalue weighted by molar-refractivity contribution is 0.588. The number of pyridine rings is 1. The molecule has 0 fully saturated rings. The Morgan fingerprint density at radius 1 is 1.56 bits per heavy atom. The summed E-state index contributed by atoms with van der Waals surface area (Å²) in [5, 5.41) is 0.241. The molecule has 7 heteroatoms. The number of sulfonamides is 1. The second-order valence-electron chi connectivity index (χ2n) is 3.51. The SMILES string of the molecule is CC(CCl)CS(=O)(=O)Nc1ccnc(Cl)c1. The summed E-state index contributed by atoms with van der Waals surface area (Å²) >= 11 is 11.2. The molecular weight excluding hydrogens is 271 g/mol. The van der Waals surface area contributed by atoms with Crippen LogP contribution in [0, 0.1) is 5.92 Å². The monoisotopic (exact) mass is 282 g/mol. The van der Waals surface area contributed by atoms with E-state index in [1.165, 1.54) is 18.3 Å². The minimum Gasteiger partial charge on any atom is -0.283 e. The molecule has 0 saturated heterocycles. The van der Waals surface area contributed by atoms with Gasteiger partial charge < -0.3 is 0 Å². The van der Waals surface area contributed by atoms with Gasteiger partial charge in [-0.2, -0.15) is 0 Å². The molecule has 0 aliphatic rings. The standard InChI is InChI=1S/C9H12Cl2N2O2S/c1-7(5-10)6-16(14,15)13-8-2-3-12-9(11)4-8/h2-4,7H,5-6H2,1H3,(H,12,13). The molecule has 0 saturated carbocycles. The molecule has 0 aromatic carbocycles. The van der Waals surface area contributed by atoms with Crippen LogP contribution in [0.2, 0.25) is 5.15 Å². The number of anilines is 1. The molecule has 16 heavy (non-hydrogen) atoms. The van der Waals surface area contributed by atoms with Crippen molar-refractivity contribution < 1.29 is 8.42 Å². The van der Waals surface area contributed by atoms with Gasteiger partial charge in [0.15, 0.2) is 0 Å². The Hall–Kier alpha value is -0.520. The number of rotatable bonds is 5. The van der Waals surface area contributed by atoms with E-state index in [9.17, 15) is 8.42 Å². The molecule has 1 unspecified atom stereocenters. The summed E-state index contributed by atoms with van der Waals surface area (Å²) in [4.78, 5) is 3.76. The lowest BCUT2D eigenvalue weighted by atomic mass is 10.3. The van der Waals surface area contributed by atoms with E-state index in [-0.39, 0.29) is 16.8 Å². The Balaban J connectivity index is 2.73. The highest BCUT2D eigenvalue weighted by Crippen LogP contribution is 2.14. The summed E-state index contributed by atoms with van der Waals surface area (Å²) < 4.78 is 25.7. The lowest BCUT2D eigenvalue weighted by Gasteiger charge is -2.10. The van der Waals surface area contributed by atoms with Crippen molar-refractivity contribution in [3.63, 3.8) is 0 Å². The van der Waals surface area contributed by atoms with Crippen LogP contribution in [0.1, 0.15) is 6.92 Å². The second kappa shape index (κ2) is 5.70. The third-order valence-electron chi connectivity index (χ3n) is 1.77. The van der Waals surface area contributed by atoms with Crippen LogP contribution in [-0.2, 0) is 10.0 Å². The van der Waals surface area contributed by atoms with Crippen LogP contribution in [0.5, 0.6) is 0 Å². The molecule has 0 spiro atoms. The lowest BCUT2D eigenvalue weighted by Crippen LogP contribution is -2.22. The average Bonchev–Trinajstić information content (AvgIpc) is 2.15. The molecule has 1 N–H and O–H groups in total. The fraction of sp³-hybridized carbons (Fsp3) is 0.444. The first-order valence-corrected chi connectivity index (χ1v) is 7.17. The Morgan fingerprint density at radius 2 is 2.25 bits per heavy atom. The molecule has 1 aromatic rings. The van der Waals surface area contributed by atoms with Crippen molar-refractivity contribution in [1.82, 2.24) is 4.98 Å². The molecule has 1 atom stereocenters. The number of nitrogens with one attached hydrogen (secondary N) is 1. The van der Waals surface area contributed by atoms with Gasteiger partial charge in [0.05, 0.1) is 11.4 Å². The van der Waals surface area contributed by atoms with Gasteiger partial charge in [-0.25, -0.2) is 13.4 Å². The van der Waals surface area contributed by atoms with E-state index in [1.54, 1.807) is 6.92 Å². The normalized spacial score (nSPS) is 13.4. The first kappa shape index (κ1) is 13.5. The number of alkyl halides is 1. The molecular formula is C9H12Cl2N2O2S. The van der Waals surface area contributed by atoms with Crippen molar-refractivity contribution in [3.8, 4) is 0 Å². The molecule has 0 aliphatic heterocycles. The van der Waals surface area contributed by atoms with Crippen LogP contribution >= 0.6 is 23.2 Å². The third-order valence-corrected chi connectivity index (χ3v) is 4.06. The molecule has 0 amide bonds. The summed E-state index contributed by atoms with van der Waals surface area (Å²) in [5.41, 5.74) is 0.404. The number of halogens is 2. The van der Waals surface area contributed by atoms with Gasteiger partial charge >= 0.3 is 0 Å². The van der Waals surface area contributed by atoms with Crippen LogP contribution in [0.15, 0.2) is 18.3 Å². The van der Waals surface area contributed by atoms with Gasteiger partial charge in [0.25, 0.3) is 0 Å². The number of aromatic nitrogens is 1. The predicted octanol–water partition coefficient (Wildman–Crippen LogP) is 2.35. The molecule has 4 nitrogen and oxygen atoms in total. The van der Waals surface area contributed by atoms with Crippen molar-refractivity contribution >= 4 is 38.9 Å². The van der Waals surface area contributed by atoms with Crippen LogP contribution in [0.25, 0.3) is 0 Å². The van der Waals surface area contributed by atoms with E-state index in [2.05, 4.69) is 9.71 Å². The first-order valence-electron chi connectivity index (χ1n) is 4.61. The summed E-state index contributed by atoms with van der Waals surface area (Å²) in [6, 6.07) is 2.99. The van der Waals surface area contributed by atoms with Gasteiger partial charge in [-0.1, -0.05) is 18.5 Å². The van der Waals surface area contributed by atoms with E-state index >= 15 is 0 Å². The van der Waals surface area contributed by atoms with Crippen molar-refractivity contribution in [3.05, 3.63) is 23.5 Å². The van der Waals surface area contributed by atoms with Gasteiger partial charge in [0, 0.05) is 12.1 Å². The fourth-order valence-corrected chi connectivity index (χ4v) is 2.96. The molecule has 1 aromatic heterocycles. The maximum atomic E-state index is 11.6. The van der Waals surface area contributed by atoms with Gasteiger partial charge in [0.2, 0.25) is 10.0 Å². The zero-order valence-corrected chi connectivity index (χ0v) is 11.0.